The normalized spacial score (nSPS) is 11.1. The van der Waals surface area contributed by atoms with Gasteiger partial charge in [0.15, 0.2) is 0 Å². The van der Waals surface area contributed by atoms with E-state index >= 15 is 0 Å². The molecule has 1 amide bonds. The molecule has 0 aliphatic rings. The van der Waals surface area contributed by atoms with E-state index in [-0.39, 0.29) is 23.9 Å². The van der Waals surface area contributed by atoms with Crippen LogP contribution in [0.4, 0.5) is 0 Å². The van der Waals surface area contributed by atoms with E-state index < -0.39 is 0 Å². The standard InChI is InChI=1S/C18H25ClN4O.ClH/c1-18(2,3)23-12-14(17(24)21-11-7-10-20-4)16(22-23)13-8-5-6-9-15(13)19;/h5-6,8-9,12,20H,7,10-11H2,1-4H3,(H,21,24);1H. The molecule has 0 unspecified atom stereocenters. The van der Waals surface area contributed by atoms with Gasteiger partial charge in [-0.15, -0.1) is 12.4 Å². The van der Waals surface area contributed by atoms with Crippen molar-refractivity contribution < 1.29 is 4.79 Å². The number of amides is 1. The molecule has 2 N–H and O–H groups in total. The van der Waals surface area contributed by atoms with Gasteiger partial charge >= 0.3 is 0 Å². The lowest BCUT2D eigenvalue weighted by Crippen LogP contribution is -2.27. The second kappa shape index (κ2) is 9.22. The molecule has 2 aromatic rings. The monoisotopic (exact) mass is 384 g/mol. The van der Waals surface area contributed by atoms with Gasteiger partial charge in [-0.25, -0.2) is 0 Å². The summed E-state index contributed by atoms with van der Waals surface area (Å²) >= 11 is 6.32. The Morgan fingerprint density at radius 2 is 1.92 bits per heavy atom. The number of nitrogens with one attached hydrogen (secondary N) is 2. The van der Waals surface area contributed by atoms with E-state index in [4.69, 9.17) is 11.6 Å². The van der Waals surface area contributed by atoms with Crippen molar-refractivity contribution in [3.05, 3.63) is 41.0 Å². The first-order chi connectivity index (χ1) is 11.3. The Morgan fingerprint density at radius 1 is 1.24 bits per heavy atom. The Hall–Kier alpha value is -1.56. The predicted octanol–water partition coefficient (Wildman–Crippen LogP) is 3.72. The molecule has 25 heavy (non-hydrogen) atoms. The van der Waals surface area contributed by atoms with E-state index in [9.17, 15) is 4.79 Å². The molecule has 0 saturated heterocycles. The lowest BCUT2D eigenvalue weighted by Gasteiger charge is -2.18. The first-order valence-corrected chi connectivity index (χ1v) is 8.50. The molecule has 0 bridgehead atoms. The van der Waals surface area contributed by atoms with Crippen molar-refractivity contribution in [3.63, 3.8) is 0 Å². The average molecular weight is 385 g/mol. The highest BCUT2D eigenvalue weighted by atomic mass is 35.5. The molecule has 1 heterocycles. The van der Waals surface area contributed by atoms with Crippen LogP contribution < -0.4 is 10.6 Å². The summed E-state index contributed by atoms with van der Waals surface area (Å²) in [7, 11) is 1.89. The van der Waals surface area contributed by atoms with Crippen LogP contribution >= 0.6 is 24.0 Å². The van der Waals surface area contributed by atoms with Crippen LogP contribution in [0.3, 0.4) is 0 Å². The number of hydrogen-bond donors (Lipinski definition) is 2. The highest BCUT2D eigenvalue weighted by molar-refractivity contribution is 6.33. The topological polar surface area (TPSA) is 58.9 Å². The van der Waals surface area contributed by atoms with Crippen molar-refractivity contribution in [2.75, 3.05) is 20.1 Å². The molecule has 7 heteroatoms. The second-order valence-electron chi connectivity index (χ2n) is 6.70. The Balaban J connectivity index is 0.00000312. The molecule has 0 radical (unpaired) electrons. The van der Waals surface area contributed by atoms with Crippen molar-refractivity contribution in [1.29, 1.82) is 0 Å². The number of rotatable bonds is 6. The molecule has 1 aromatic carbocycles. The van der Waals surface area contributed by atoms with Gasteiger partial charge in [0, 0.05) is 18.3 Å². The van der Waals surface area contributed by atoms with Crippen molar-refractivity contribution in [1.82, 2.24) is 20.4 Å². The van der Waals surface area contributed by atoms with Crippen LogP contribution in [0.2, 0.25) is 5.02 Å². The molecular weight excluding hydrogens is 359 g/mol. The summed E-state index contributed by atoms with van der Waals surface area (Å²) in [5, 5.41) is 11.2. The molecule has 0 saturated carbocycles. The van der Waals surface area contributed by atoms with Gasteiger partial charge in [-0.2, -0.15) is 5.10 Å². The minimum absolute atomic E-state index is 0. The van der Waals surface area contributed by atoms with Gasteiger partial charge in [0.1, 0.15) is 5.69 Å². The number of halogens is 2. The number of carbonyl (C=O) groups is 1. The second-order valence-corrected chi connectivity index (χ2v) is 7.11. The van der Waals surface area contributed by atoms with Crippen molar-refractivity contribution in [2.45, 2.75) is 32.7 Å². The summed E-state index contributed by atoms with van der Waals surface area (Å²) in [6.45, 7) is 7.61. The molecule has 1 aromatic heterocycles. The average Bonchev–Trinajstić information content (AvgIpc) is 2.97. The third-order valence-corrected chi connectivity index (χ3v) is 3.99. The minimum atomic E-state index is -0.222. The van der Waals surface area contributed by atoms with Crippen LogP contribution in [0.25, 0.3) is 11.3 Å². The number of nitrogens with zero attached hydrogens (tertiary/aromatic N) is 2. The lowest BCUT2D eigenvalue weighted by molar-refractivity contribution is 0.0953. The molecule has 0 fully saturated rings. The van der Waals surface area contributed by atoms with E-state index in [1.807, 2.05) is 56.8 Å². The predicted molar refractivity (Wildman–Crippen MR) is 106 cm³/mol. The quantitative estimate of drug-likeness (QED) is 0.746. The molecular formula is C18H26Cl2N4O. The van der Waals surface area contributed by atoms with Crippen LogP contribution in [0.5, 0.6) is 0 Å². The fourth-order valence-electron chi connectivity index (χ4n) is 2.30. The largest absolute Gasteiger partial charge is 0.352 e. The summed E-state index contributed by atoms with van der Waals surface area (Å²) in [6.07, 6.45) is 2.67. The van der Waals surface area contributed by atoms with Crippen LogP contribution in [-0.2, 0) is 5.54 Å². The molecule has 138 valence electrons. The Kier molecular flexibility index (Phi) is 7.93. The zero-order valence-electron chi connectivity index (χ0n) is 15.1. The molecule has 2 rings (SSSR count). The van der Waals surface area contributed by atoms with Crippen molar-refractivity contribution in [2.24, 2.45) is 0 Å². The summed E-state index contributed by atoms with van der Waals surface area (Å²) < 4.78 is 1.81. The van der Waals surface area contributed by atoms with Gasteiger partial charge in [0.25, 0.3) is 5.91 Å². The van der Waals surface area contributed by atoms with E-state index in [2.05, 4.69) is 15.7 Å². The number of carbonyl (C=O) groups excluding carboxylic acids is 1. The van der Waals surface area contributed by atoms with Gasteiger partial charge < -0.3 is 10.6 Å². The van der Waals surface area contributed by atoms with E-state index in [0.29, 0.717) is 22.8 Å². The van der Waals surface area contributed by atoms with Gasteiger partial charge in [0.05, 0.1) is 16.1 Å². The Labute approximate surface area is 160 Å². The summed E-state index contributed by atoms with van der Waals surface area (Å²) in [6, 6.07) is 7.45. The van der Waals surface area contributed by atoms with Crippen LogP contribution in [-0.4, -0.2) is 35.8 Å². The third-order valence-electron chi connectivity index (χ3n) is 3.66. The van der Waals surface area contributed by atoms with Gasteiger partial charge in [-0.1, -0.05) is 29.8 Å². The smallest absolute Gasteiger partial charge is 0.255 e. The SMILES string of the molecule is CNCCCNC(=O)c1cn(C(C)(C)C)nc1-c1ccccc1Cl.Cl. The number of aromatic nitrogens is 2. The highest BCUT2D eigenvalue weighted by Crippen LogP contribution is 2.30. The van der Waals surface area contributed by atoms with E-state index in [1.54, 1.807) is 6.20 Å². The Morgan fingerprint density at radius 3 is 2.52 bits per heavy atom. The van der Waals surface area contributed by atoms with Crippen molar-refractivity contribution >= 4 is 29.9 Å². The third kappa shape index (κ3) is 5.46. The maximum absolute atomic E-state index is 12.6. The molecule has 0 aliphatic carbocycles. The van der Waals surface area contributed by atoms with Crippen molar-refractivity contribution in [3.8, 4) is 11.3 Å². The first kappa shape index (κ1) is 21.5. The zero-order chi connectivity index (χ0) is 17.7. The minimum Gasteiger partial charge on any atom is -0.352 e. The molecule has 0 spiro atoms. The lowest BCUT2D eigenvalue weighted by atomic mass is 10.1. The summed E-state index contributed by atoms with van der Waals surface area (Å²) in [5.41, 5.74) is 1.70. The summed E-state index contributed by atoms with van der Waals surface area (Å²) in [4.78, 5) is 12.6. The van der Waals surface area contributed by atoms with Crippen LogP contribution in [0.15, 0.2) is 30.5 Å². The number of hydrogen-bond acceptors (Lipinski definition) is 3. The van der Waals surface area contributed by atoms with Gasteiger partial charge in [-0.3, -0.25) is 9.48 Å². The number of benzene rings is 1. The van der Waals surface area contributed by atoms with E-state index in [0.717, 1.165) is 18.5 Å². The van der Waals surface area contributed by atoms with Gasteiger partial charge in [-0.05, 0) is 46.9 Å². The van der Waals surface area contributed by atoms with Gasteiger partial charge in [0.2, 0.25) is 0 Å². The maximum atomic E-state index is 12.6. The first-order valence-electron chi connectivity index (χ1n) is 8.12. The Bertz CT molecular complexity index is 707. The fraction of sp³-hybridized carbons (Fsp3) is 0.444. The maximum Gasteiger partial charge on any atom is 0.255 e. The zero-order valence-corrected chi connectivity index (χ0v) is 16.7. The molecule has 0 aliphatic heterocycles. The molecule has 0 atom stereocenters. The summed E-state index contributed by atoms with van der Waals surface area (Å²) in [5.74, 6) is -0.128. The fourth-order valence-corrected chi connectivity index (χ4v) is 2.52. The van der Waals surface area contributed by atoms with Crippen LogP contribution in [0.1, 0.15) is 37.6 Å². The highest BCUT2D eigenvalue weighted by Gasteiger charge is 2.23. The molecule has 5 nitrogen and oxygen atoms in total. The van der Waals surface area contributed by atoms with Crippen LogP contribution in [0, 0.1) is 0 Å². The van der Waals surface area contributed by atoms with E-state index in [1.165, 1.54) is 0 Å².